The van der Waals surface area contributed by atoms with E-state index >= 15 is 0 Å². The third-order valence-corrected chi connectivity index (χ3v) is 34.0. The van der Waals surface area contributed by atoms with Crippen molar-refractivity contribution in [3.8, 4) is 0 Å². The van der Waals surface area contributed by atoms with Gasteiger partial charge in [-0.3, -0.25) is 0 Å². The number of rotatable bonds is 0. The molecule has 0 radical (unpaired) electrons. The highest BCUT2D eigenvalue weighted by atomic mass is 14.1. The van der Waals surface area contributed by atoms with Gasteiger partial charge in [0.25, 0.3) is 0 Å². The van der Waals surface area contributed by atoms with Gasteiger partial charge in [-0.2, -0.15) is 0 Å². The molecule has 0 amide bonds. The van der Waals surface area contributed by atoms with E-state index in [1.54, 1.807) is 0 Å². The van der Waals surface area contributed by atoms with Gasteiger partial charge in [-0.25, -0.2) is 0 Å². The molecule has 0 heterocycles. The van der Waals surface area contributed by atoms with Crippen LogP contribution in [-0.2, 0) is 0 Å². The van der Waals surface area contributed by atoms with E-state index in [-0.39, 0.29) is 0 Å². The molecule has 870 valence electrons. The van der Waals surface area contributed by atoms with Crippen LogP contribution >= 0.6 is 0 Å². The molecule has 37 rings (SSSR count). The Morgan fingerprint density at radius 1 is 0.0338 bits per heavy atom. The zero-order valence-electron chi connectivity index (χ0n) is 102. The molecule has 37 aliphatic rings. The zero-order chi connectivity index (χ0) is 105. The molecule has 0 atom stereocenters. The molecule has 28 fully saturated rings. The Morgan fingerprint density at radius 3 is 0.0473 bits per heavy atom. The minimum absolute atomic E-state index is 1.32. The summed E-state index contributed by atoms with van der Waals surface area (Å²) >= 11 is 0. The lowest BCUT2D eigenvalue weighted by molar-refractivity contribution is 0.504. The topological polar surface area (TPSA) is 0 Å². The molecule has 0 bridgehead atoms. The number of hydrogen-bond donors (Lipinski definition) is 0. The van der Waals surface area contributed by atoms with Gasteiger partial charge in [0.1, 0.15) is 0 Å². The van der Waals surface area contributed by atoms with Crippen molar-refractivity contribution >= 4 is 0 Å². The number of allylic oxidation sites excluding steroid dienone is 18. The highest BCUT2D eigenvalue weighted by molar-refractivity contribution is 4.97. The zero-order valence-corrected chi connectivity index (χ0v) is 102. The summed E-state index contributed by atoms with van der Waals surface area (Å²) in [5, 5.41) is 0. The Bertz CT molecular complexity index is 1560. The van der Waals surface area contributed by atoms with Gasteiger partial charge in [-0.05, 0) is 116 Å². The average Bonchev–Trinajstić information content (AvgIpc) is 3.32. The lowest BCUT2D eigenvalue weighted by Gasteiger charge is -2.05. The monoisotopic (exact) mass is 2060 g/mol. The minimum Gasteiger partial charge on any atom is -0.0882 e. The Balaban J connectivity index is 0.000000761. The maximum absolute atomic E-state index is 2.18. The Morgan fingerprint density at radius 2 is 0.0473 bits per heavy atom. The van der Waals surface area contributed by atoms with E-state index in [0.717, 1.165) is 0 Å². The summed E-state index contributed by atoms with van der Waals surface area (Å²) in [6, 6.07) is 0. The van der Waals surface area contributed by atoms with E-state index in [0.29, 0.717) is 0 Å². The van der Waals surface area contributed by atoms with Crippen molar-refractivity contribution in [2.24, 2.45) is 0 Å². The second-order valence-electron chi connectivity index (χ2n) is 49.0. The van der Waals surface area contributed by atoms with Crippen molar-refractivity contribution < 1.29 is 0 Å². The van der Waals surface area contributed by atoms with Gasteiger partial charge in [-0.15, -0.1) is 0 Å². The van der Waals surface area contributed by atoms with Gasteiger partial charge in [0.2, 0.25) is 0 Å². The van der Waals surface area contributed by atoms with Crippen LogP contribution in [-0.4, -0.2) is 0 Å². The first kappa shape index (κ1) is 144. The fourth-order valence-corrected chi connectivity index (χ4v) is 8.50. The van der Waals surface area contributed by atoms with Crippen LogP contribution in [0.3, 0.4) is 0 Å². The van der Waals surface area contributed by atoms with Crippen LogP contribution in [0.15, 0.2) is 109 Å². The maximum Gasteiger partial charge on any atom is -0.0316 e. The molecule has 0 N–H and O–H groups in total. The van der Waals surface area contributed by atoms with E-state index < -0.39 is 0 Å². The highest BCUT2D eigenvalue weighted by Gasteiger charge is 2.07. The van der Waals surface area contributed by atoms with Crippen molar-refractivity contribution in [1.29, 1.82) is 0 Å². The van der Waals surface area contributed by atoms with Crippen molar-refractivity contribution in [3.05, 3.63) is 109 Å². The maximum atomic E-state index is 2.18. The standard InChI is InChI=1S/28C4H8.9C4H6/c37*1-2-4-3-1/h28*1-4H2;9*1-2H,3-4H2. The molecule has 148 heavy (non-hydrogen) atoms. The molecule has 0 nitrogen and oxygen atoms in total. The molecule has 28 saturated carbocycles. The third kappa shape index (κ3) is 138. The summed E-state index contributed by atoms with van der Waals surface area (Å²) in [7, 11) is 0. The van der Waals surface area contributed by atoms with E-state index in [9.17, 15) is 0 Å². The summed E-state index contributed by atoms with van der Waals surface area (Å²) in [6.07, 6.45) is 231. The predicted octanol–water partition coefficient (Wildman–Crippen LogP) is 55.7. The van der Waals surface area contributed by atoms with Crippen LogP contribution < -0.4 is 0 Å². The molecule has 0 spiro atoms. The quantitative estimate of drug-likeness (QED) is 0.212. The normalized spacial score (nSPS) is 23.0. The van der Waals surface area contributed by atoms with Crippen molar-refractivity contribution in [3.63, 3.8) is 0 Å². The van der Waals surface area contributed by atoms with Crippen molar-refractivity contribution in [2.45, 2.75) is 835 Å². The first-order valence-electron chi connectivity index (χ1n) is 70.8. The molecular formula is C148H278. The van der Waals surface area contributed by atoms with Gasteiger partial charge in [0.15, 0.2) is 0 Å². The van der Waals surface area contributed by atoms with Gasteiger partial charge in [0, 0.05) is 0 Å². The second-order valence-corrected chi connectivity index (χ2v) is 49.0. The average molecular weight is 2060 g/mol. The Hall–Kier alpha value is -2.34. The lowest BCUT2D eigenvalue weighted by atomic mass is 10.0. The highest BCUT2D eigenvalue weighted by Crippen LogP contribution is 2.27. The van der Waals surface area contributed by atoms with Crippen LogP contribution in [0.5, 0.6) is 0 Å². The van der Waals surface area contributed by atoms with Gasteiger partial charge < -0.3 is 0 Å². The van der Waals surface area contributed by atoms with Crippen LogP contribution in [0.2, 0.25) is 0 Å². The fraction of sp³-hybridized carbons (Fsp3) is 0.878. The minimum atomic E-state index is 1.32. The fourth-order valence-electron chi connectivity index (χ4n) is 8.50. The molecule has 0 saturated heterocycles. The SMILES string of the molecule is C1=CCC1.C1=CCC1.C1=CCC1.C1=CCC1.C1=CCC1.C1=CCC1.C1=CCC1.C1=CCC1.C1=CCC1.C1CCC1.C1CCC1.C1CCC1.C1CCC1.C1CCC1.C1CCC1.C1CCC1.C1CCC1.C1CCC1.C1CCC1.C1CCC1.C1CCC1.C1CCC1.C1CCC1.C1CCC1.C1CCC1.C1CCC1.C1CCC1.C1CCC1.C1CCC1.C1CCC1.C1CCC1.C1CCC1.C1CCC1.C1CCC1.C1CCC1.C1CCC1.C1CCC1. The molecule has 0 aromatic rings. The summed E-state index contributed by atoms with van der Waals surface area (Å²) in [4.78, 5) is 0. The van der Waals surface area contributed by atoms with Crippen LogP contribution in [0.25, 0.3) is 0 Å². The van der Waals surface area contributed by atoms with E-state index in [4.69, 9.17) is 0 Å². The first-order valence-corrected chi connectivity index (χ1v) is 70.8. The smallest absolute Gasteiger partial charge is 0.0316 e. The third-order valence-electron chi connectivity index (χ3n) is 34.0. The van der Waals surface area contributed by atoms with E-state index in [2.05, 4.69) is 109 Å². The molecule has 37 aliphatic carbocycles. The van der Waals surface area contributed by atoms with Crippen molar-refractivity contribution in [2.75, 3.05) is 0 Å². The van der Waals surface area contributed by atoms with Crippen LogP contribution in [0.1, 0.15) is 835 Å². The number of hydrogen-bond acceptors (Lipinski definition) is 0. The van der Waals surface area contributed by atoms with Gasteiger partial charge in [0.05, 0.1) is 0 Å². The van der Waals surface area contributed by atoms with E-state index in [1.807, 2.05) is 0 Å². The summed E-state index contributed by atoms with van der Waals surface area (Å²) < 4.78 is 0. The second kappa shape index (κ2) is 141. The summed E-state index contributed by atoms with van der Waals surface area (Å²) in [5.41, 5.74) is 0. The molecule has 0 aromatic carbocycles. The van der Waals surface area contributed by atoms with Gasteiger partial charge >= 0.3 is 0 Å². The van der Waals surface area contributed by atoms with Crippen LogP contribution in [0, 0.1) is 0 Å². The molecule has 0 heteroatoms. The van der Waals surface area contributed by atoms with Crippen molar-refractivity contribution in [1.82, 2.24) is 0 Å². The lowest BCUT2D eigenvalue weighted by Crippen LogP contribution is -1.85. The largest absolute Gasteiger partial charge is 0.0882 e. The van der Waals surface area contributed by atoms with Gasteiger partial charge in [-0.1, -0.05) is 829 Å². The molecule has 0 aliphatic heterocycles. The molecule has 0 unspecified atom stereocenters. The summed E-state index contributed by atoms with van der Waals surface area (Å²) in [6.45, 7) is 0. The Labute approximate surface area is 937 Å². The van der Waals surface area contributed by atoms with E-state index in [1.165, 1.54) is 835 Å². The predicted molar refractivity (Wildman–Crippen MR) is 682 cm³/mol. The van der Waals surface area contributed by atoms with Crippen LogP contribution in [0.4, 0.5) is 0 Å². The summed E-state index contributed by atoms with van der Waals surface area (Å²) in [5.74, 6) is 0. The Kier molecular flexibility index (Phi) is 137. The molecule has 0 aromatic heterocycles. The molecular weight excluding hydrogens is 1780 g/mol. The first-order chi connectivity index (χ1) is 74.0.